The molecule has 0 saturated heterocycles. The molecule has 3 aromatic heterocycles. The van der Waals surface area contributed by atoms with E-state index >= 15 is 0 Å². The van der Waals surface area contributed by atoms with Gasteiger partial charge < -0.3 is 10.1 Å². The van der Waals surface area contributed by atoms with E-state index in [0.29, 0.717) is 28.1 Å². The molecule has 0 bridgehead atoms. The van der Waals surface area contributed by atoms with Gasteiger partial charge >= 0.3 is 0 Å². The molecule has 4 aromatic rings. The van der Waals surface area contributed by atoms with Crippen molar-refractivity contribution in [2.75, 3.05) is 12.4 Å². The normalized spacial score (nSPS) is 11.0. The van der Waals surface area contributed by atoms with Crippen LogP contribution in [0, 0.1) is 6.92 Å². The predicted molar refractivity (Wildman–Crippen MR) is 111 cm³/mol. The van der Waals surface area contributed by atoms with E-state index in [1.54, 1.807) is 31.1 Å². The van der Waals surface area contributed by atoms with Gasteiger partial charge in [-0.05, 0) is 44.2 Å². The van der Waals surface area contributed by atoms with Crippen LogP contribution in [0.4, 0.5) is 5.82 Å². The fourth-order valence-corrected chi connectivity index (χ4v) is 3.29. The van der Waals surface area contributed by atoms with Gasteiger partial charge in [0.25, 0.3) is 5.91 Å². The highest BCUT2D eigenvalue weighted by molar-refractivity contribution is 6.12. The summed E-state index contributed by atoms with van der Waals surface area (Å²) in [5.41, 5.74) is 3.69. The summed E-state index contributed by atoms with van der Waals surface area (Å²) in [6, 6.07) is 11.2. The summed E-state index contributed by atoms with van der Waals surface area (Å²) in [7, 11) is 3.43. The van der Waals surface area contributed by atoms with Crippen molar-refractivity contribution in [2.45, 2.75) is 20.4 Å². The first kappa shape index (κ1) is 18.7. The minimum Gasteiger partial charge on any atom is -0.497 e. The second-order valence-corrected chi connectivity index (χ2v) is 6.73. The number of ether oxygens (including phenoxy) is 1. The average Bonchev–Trinajstić information content (AvgIpc) is 3.29. The number of methoxy groups -OCH3 is 1. The van der Waals surface area contributed by atoms with E-state index in [4.69, 9.17) is 9.72 Å². The van der Waals surface area contributed by atoms with Crippen LogP contribution < -0.4 is 10.1 Å². The zero-order valence-electron chi connectivity index (χ0n) is 16.8. The molecule has 29 heavy (non-hydrogen) atoms. The van der Waals surface area contributed by atoms with Gasteiger partial charge in [0, 0.05) is 30.9 Å². The minimum absolute atomic E-state index is 0.249. The lowest BCUT2D eigenvalue weighted by Crippen LogP contribution is -2.14. The third kappa shape index (κ3) is 3.44. The zero-order valence-corrected chi connectivity index (χ0v) is 16.8. The standard InChI is InChI=1S/C21H22N6O2/c1-5-27-13(2)10-19(25-27)24-21(28)16-11-18(14-6-8-15(29-4)9-7-14)23-20-17(16)12-22-26(20)3/h6-12H,5H2,1-4H3,(H,24,25,28). The Bertz CT molecular complexity index is 1190. The molecule has 148 valence electrons. The van der Waals surface area contributed by atoms with Crippen molar-refractivity contribution in [1.82, 2.24) is 24.5 Å². The van der Waals surface area contributed by atoms with Gasteiger partial charge in [0.1, 0.15) is 5.75 Å². The van der Waals surface area contributed by atoms with Crippen molar-refractivity contribution < 1.29 is 9.53 Å². The smallest absolute Gasteiger partial charge is 0.257 e. The lowest BCUT2D eigenvalue weighted by Gasteiger charge is -2.08. The second-order valence-electron chi connectivity index (χ2n) is 6.73. The molecule has 1 aromatic carbocycles. The molecule has 0 atom stereocenters. The Kier molecular flexibility index (Phi) is 4.75. The Hall–Kier alpha value is -3.68. The van der Waals surface area contributed by atoms with Crippen LogP contribution in [-0.4, -0.2) is 37.6 Å². The van der Waals surface area contributed by atoms with E-state index in [1.807, 2.05) is 48.9 Å². The summed E-state index contributed by atoms with van der Waals surface area (Å²) < 4.78 is 8.72. The van der Waals surface area contributed by atoms with Crippen molar-refractivity contribution in [2.24, 2.45) is 7.05 Å². The number of nitrogens with one attached hydrogen (secondary N) is 1. The number of pyridine rings is 1. The number of hydrogen-bond donors (Lipinski definition) is 1. The maximum Gasteiger partial charge on any atom is 0.257 e. The van der Waals surface area contributed by atoms with Gasteiger partial charge in [-0.2, -0.15) is 10.2 Å². The molecule has 1 amide bonds. The molecule has 0 fully saturated rings. The fourth-order valence-electron chi connectivity index (χ4n) is 3.29. The topological polar surface area (TPSA) is 86.9 Å². The number of amides is 1. The number of aryl methyl sites for hydroxylation is 3. The van der Waals surface area contributed by atoms with Crippen LogP contribution in [0.2, 0.25) is 0 Å². The van der Waals surface area contributed by atoms with Crippen molar-refractivity contribution in [3.63, 3.8) is 0 Å². The lowest BCUT2D eigenvalue weighted by molar-refractivity contribution is 0.102. The van der Waals surface area contributed by atoms with Gasteiger partial charge in [0.2, 0.25) is 0 Å². The van der Waals surface area contributed by atoms with E-state index in [1.165, 1.54) is 0 Å². The third-order valence-corrected chi connectivity index (χ3v) is 4.86. The van der Waals surface area contributed by atoms with Gasteiger partial charge in [-0.3, -0.25) is 14.2 Å². The van der Waals surface area contributed by atoms with Crippen molar-refractivity contribution >= 4 is 22.8 Å². The average molecular weight is 390 g/mol. The number of benzene rings is 1. The van der Waals surface area contributed by atoms with E-state index in [0.717, 1.165) is 23.6 Å². The van der Waals surface area contributed by atoms with Gasteiger partial charge in [-0.15, -0.1) is 0 Å². The zero-order chi connectivity index (χ0) is 20.5. The Morgan fingerprint density at radius 2 is 1.97 bits per heavy atom. The molecule has 1 N–H and O–H groups in total. The van der Waals surface area contributed by atoms with Gasteiger partial charge in [0.05, 0.1) is 30.0 Å². The second kappa shape index (κ2) is 7.38. The maximum absolute atomic E-state index is 13.1. The van der Waals surface area contributed by atoms with Crippen molar-refractivity contribution in [1.29, 1.82) is 0 Å². The molecule has 0 aliphatic heterocycles. The molecule has 8 heteroatoms. The molecule has 0 aliphatic carbocycles. The molecule has 0 spiro atoms. The quantitative estimate of drug-likeness (QED) is 0.564. The number of carbonyl (C=O) groups excluding carboxylic acids is 1. The van der Waals surface area contributed by atoms with Gasteiger partial charge in [-0.1, -0.05) is 0 Å². The Morgan fingerprint density at radius 1 is 1.21 bits per heavy atom. The highest BCUT2D eigenvalue weighted by atomic mass is 16.5. The first-order chi connectivity index (χ1) is 14.0. The largest absolute Gasteiger partial charge is 0.497 e. The fraction of sp³-hybridized carbons (Fsp3) is 0.238. The van der Waals surface area contributed by atoms with Gasteiger partial charge in [-0.25, -0.2) is 4.98 Å². The van der Waals surface area contributed by atoms with E-state index in [2.05, 4.69) is 15.5 Å². The molecule has 0 radical (unpaired) electrons. The van der Waals surface area contributed by atoms with Crippen molar-refractivity contribution in [3.8, 4) is 17.0 Å². The molecule has 8 nitrogen and oxygen atoms in total. The number of hydrogen-bond acceptors (Lipinski definition) is 5. The summed E-state index contributed by atoms with van der Waals surface area (Å²) in [6.45, 7) is 4.71. The number of fused-ring (bicyclic) bond motifs is 1. The number of anilines is 1. The molecule has 0 unspecified atom stereocenters. The van der Waals surface area contributed by atoms with Crippen LogP contribution in [0.25, 0.3) is 22.3 Å². The highest BCUT2D eigenvalue weighted by Gasteiger charge is 2.18. The van der Waals surface area contributed by atoms with E-state index in [9.17, 15) is 4.79 Å². The van der Waals surface area contributed by atoms with Crippen LogP contribution >= 0.6 is 0 Å². The summed E-state index contributed by atoms with van der Waals surface area (Å²) >= 11 is 0. The maximum atomic E-state index is 13.1. The Balaban J connectivity index is 1.76. The number of rotatable bonds is 5. The van der Waals surface area contributed by atoms with Crippen LogP contribution in [0.15, 0.2) is 42.6 Å². The number of nitrogens with zero attached hydrogens (tertiary/aromatic N) is 5. The number of carbonyl (C=O) groups is 1. The van der Waals surface area contributed by atoms with Crippen LogP contribution in [0.3, 0.4) is 0 Å². The summed E-state index contributed by atoms with van der Waals surface area (Å²) in [6.07, 6.45) is 1.66. The third-order valence-electron chi connectivity index (χ3n) is 4.86. The first-order valence-electron chi connectivity index (χ1n) is 9.33. The molecular formula is C21H22N6O2. The van der Waals surface area contributed by atoms with Crippen LogP contribution in [-0.2, 0) is 13.6 Å². The minimum atomic E-state index is -0.249. The SMILES string of the molecule is CCn1nc(NC(=O)c2cc(-c3ccc(OC)cc3)nc3c2cnn3C)cc1C. The summed E-state index contributed by atoms with van der Waals surface area (Å²) in [5, 5.41) is 12.3. The lowest BCUT2D eigenvalue weighted by atomic mass is 10.1. The van der Waals surface area contributed by atoms with Crippen LogP contribution in [0.5, 0.6) is 5.75 Å². The first-order valence-corrected chi connectivity index (χ1v) is 9.33. The molecule has 0 aliphatic rings. The number of aromatic nitrogens is 5. The predicted octanol–water partition coefficient (Wildman–Crippen LogP) is 3.42. The molecule has 0 saturated carbocycles. The van der Waals surface area contributed by atoms with E-state index < -0.39 is 0 Å². The molecule has 4 rings (SSSR count). The molecule has 3 heterocycles. The highest BCUT2D eigenvalue weighted by Crippen LogP contribution is 2.26. The Morgan fingerprint density at radius 3 is 2.62 bits per heavy atom. The monoisotopic (exact) mass is 390 g/mol. The molecular weight excluding hydrogens is 368 g/mol. The summed E-state index contributed by atoms with van der Waals surface area (Å²) in [4.78, 5) is 17.8. The Labute approximate surface area is 168 Å². The van der Waals surface area contributed by atoms with Crippen LogP contribution in [0.1, 0.15) is 23.0 Å². The summed E-state index contributed by atoms with van der Waals surface area (Å²) in [5.74, 6) is 1.03. The van der Waals surface area contributed by atoms with Crippen molar-refractivity contribution in [3.05, 3.63) is 53.9 Å². The van der Waals surface area contributed by atoms with Gasteiger partial charge in [0.15, 0.2) is 11.5 Å². The van der Waals surface area contributed by atoms with E-state index in [-0.39, 0.29) is 5.91 Å².